The number of hydrogen-bond donors (Lipinski definition) is 0. The Morgan fingerprint density at radius 1 is 1.00 bits per heavy atom. The van der Waals surface area contributed by atoms with Crippen LogP contribution in [0.3, 0.4) is 0 Å². The molecule has 0 aliphatic heterocycles. The van der Waals surface area contributed by atoms with Crippen molar-refractivity contribution in [3.63, 3.8) is 0 Å². The fourth-order valence-electron chi connectivity index (χ4n) is 2.28. The van der Waals surface area contributed by atoms with E-state index in [0.29, 0.717) is 11.3 Å². The lowest BCUT2D eigenvalue weighted by molar-refractivity contribution is 0.0600. The van der Waals surface area contributed by atoms with Gasteiger partial charge < -0.3 is 4.74 Å². The SMILES string of the molecule is COC(=O)c1ccc(S(=O)(=O)N(c2ccccc2)C(C)C)cc1. The molecule has 0 amide bonds. The highest BCUT2D eigenvalue weighted by atomic mass is 32.2. The fourth-order valence-corrected chi connectivity index (χ4v) is 3.95. The van der Waals surface area contributed by atoms with E-state index < -0.39 is 16.0 Å². The van der Waals surface area contributed by atoms with E-state index in [0.717, 1.165) is 0 Å². The normalized spacial score (nSPS) is 11.3. The maximum absolute atomic E-state index is 12.9. The first kappa shape index (κ1) is 17.0. The molecular weight excluding hydrogens is 314 g/mol. The van der Waals surface area contributed by atoms with Gasteiger partial charge in [-0.1, -0.05) is 18.2 Å². The van der Waals surface area contributed by atoms with Crippen LogP contribution in [-0.2, 0) is 14.8 Å². The van der Waals surface area contributed by atoms with E-state index in [1.54, 1.807) is 24.3 Å². The van der Waals surface area contributed by atoms with Gasteiger partial charge in [-0.05, 0) is 50.2 Å². The van der Waals surface area contributed by atoms with Gasteiger partial charge in [0.05, 0.1) is 23.3 Å². The van der Waals surface area contributed by atoms with Crippen molar-refractivity contribution in [3.8, 4) is 0 Å². The average molecular weight is 333 g/mol. The van der Waals surface area contributed by atoms with E-state index >= 15 is 0 Å². The highest BCUT2D eigenvalue weighted by molar-refractivity contribution is 7.92. The summed E-state index contributed by atoms with van der Waals surface area (Å²) < 4.78 is 31.8. The first-order chi connectivity index (χ1) is 10.9. The third-order valence-electron chi connectivity index (χ3n) is 3.31. The summed E-state index contributed by atoms with van der Waals surface area (Å²) in [6, 6.07) is 14.4. The first-order valence-electron chi connectivity index (χ1n) is 7.16. The number of anilines is 1. The third-order valence-corrected chi connectivity index (χ3v) is 5.33. The Morgan fingerprint density at radius 2 is 1.57 bits per heavy atom. The molecule has 2 aromatic carbocycles. The number of para-hydroxylation sites is 1. The van der Waals surface area contributed by atoms with Crippen LogP contribution in [0.4, 0.5) is 5.69 Å². The fraction of sp³-hybridized carbons (Fsp3) is 0.235. The van der Waals surface area contributed by atoms with Gasteiger partial charge in [0.1, 0.15) is 0 Å². The Labute approximate surface area is 136 Å². The molecule has 0 N–H and O–H groups in total. The lowest BCUT2D eigenvalue weighted by atomic mass is 10.2. The summed E-state index contributed by atoms with van der Waals surface area (Å²) in [5.74, 6) is -0.502. The summed E-state index contributed by atoms with van der Waals surface area (Å²) in [5.41, 5.74) is 0.904. The van der Waals surface area contributed by atoms with Crippen molar-refractivity contribution in [2.24, 2.45) is 0 Å². The van der Waals surface area contributed by atoms with Crippen LogP contribution in [0.2, 0.25) is 0 Å². The lowest BCUT2D eigenvalue weighted by Crippen LogP contribution is -2.37. The monoisotopic (exact) mass is 333 g/mol. The topological polar surface area (TPSA) is 63.7 Å². The number of rotatable bonds is 5. The number of methoxy groups -OCH3 is 1. The minimum atomic E-state index is -3.72. The predicted molar refractivity (Wildman–Crippen MR) is 89.0 cm³/mol. The summed E-state index contributed by atoms with van der Waals surface area (Å²) in [7, 11) is -2.44. The molecule has 0 heterocycles. The molecule has 0 radical (unpaired) electrons. The van der Waals surface area contributed by atoms with E-state index in [-0.39, 0.29) is 10.9 Å². The molecule has 0 atom stereocenters. The number of hydrogen-bond acceptors (Lipinski definition) is 4. The van der Waals surface area contributed by atoms with Crippen LogP contribution < -0.4 is 4.31 Å². The Bertz CT molecular complexity index is 768. The summed E-state index contributed by atoms with van der Waals surface area (Å²) in [6.45, 7) is 3.63. The number of sulfonamides is 1. The van der Waals surface area contributed by atoms with Crippen LogP contribution >= 0.6 is 0 Å². The second kappa shape index (κ2) is 6.83. The van der Waals surface area contributed by atoms with Crippen LogP contribution in [0.25, 0.3) is 0 Å². The van der Waals surface area contributed by atoms with Crippen LogP contribution in [-0.4, -0.2) is 27.5 Å². The van der Waals surface area contributed by atoms with Crippen molar-refractivity contribution in [2.45, 2.75) is 24.8 Å². The van der Waals surface area contributed by atoms with Gasteiger partial charge in [0.25, 0.3) is 10.0 Å². The maximum Gasteiger partial charge on any atom is 0.337 e. The molecule has 2 rings (SSSR count). The molecule has 0 saturated carbocycles. The molecule has 6 heteroatoms. The van der Waals surface area contributed by atoms with Gasteiger partial charge >= 0.3 is 5.97 Å². The van der Waals surface area contributed by atoms with Gasteiger partial charge in [-0.15, -0.1) is 0 Å². The number of benzene rings is 2. The molecule has 0 fully saturated rings. The molecule has 0 bridgehead atoms. The van der Waals surface area contributed by atoms with Crippen molar-refractivity contribution >= 4 is 21.7 Å². The zero-order valence-corrected chi connectivity index (χ0v) is 14.1. The zero-order valence-electron chi connectivity index (χ0n) is 13.3. The smallest absolute Gasteiger partial charge is 0.337 e. The minimum Gasteiger partial charge on any atom is -0.465 e. The molecule has 0 aromatic heterocycles. The predicted octanol–water partition coefficient (Wildman–Crippen LogP) is 3.08. The van der Waals surface area contributed by atoms with Gasteiger partial charge in [-0.2, -0.15) is 0 Å². The van der Waals surface area contributed by atoms with Crippen LogP contribution in [0, 0.1) is 0 Å². The van der Waals surface area contributed by atoms with Crippen molar-refractivity contribution in [1.82, 2.24) is 0 Å². The summed E-state index contributed by atoms with van der Waals surface area (Å²) in [4.78, 5) is 11.6. The molecule has 0 unspecified atom stereocenters. The summed E-state index contributed by atoms with van der Waals surface area (Å²) >= 11 is 0. The Kier molecular flexibility index (Phi) is 5.05. The van der Waals surface area contributed by atoms with Gasteiger partial charge in [-0.25, -0.2) is 13.2 Å². The number of carbonyl (C=O) groups excluding carboxylic acids is 1. The molecule has 0 spiro atoms. The van der Waals surface area contributed by atoms with Crippen LogP contribution in [0.5, 0.6) is 0 Å². The van der Waals surface area contributed by atoms with Gasteiger partial charge in [0.15, 0.2) is 0 Å². The van der Waals surface area contributed by atoms with Crippen molar-refractivity contribution < 1.29 is 17.9 Å². The van der Waals surface area contributed by atoms with Crippen molar-refractivity contribution in [1.29, 1.82) is 0 Å². The van der Waals surface area contributed by atoms with E-state index in [1.807, 2.05) is 19.9 Å². The molecule has 0 saturated heterocycles. The van der Waals surface area contributed by atoms with Gasteiger partial charge in [-0.3, -0.25) is 4.31 Å². The number of carbonyl (C=O) groups is 1. The standard InChI is InChI=1S/C17H19NO4S/c1-13(2)18(15-7-5-4-6-8-15)23(20,21)16-11-9-14(10-12-16)17(19)22-3/h4-13H,1-3H3. The second-order valence-electron chi connectivity index (χ2n) is 5.25. The van der Waals surface area contributed by atoms with E-state index in [2.05, 4.69) is 4.74 Å². The lowest BCUT2D eigenvalue weighted by Gasteiger charge is -2.28. The number of ether oxygens (including phenoxy) is 1. The minimum absolute atomic E-state index is 0.128. The molecule has 0 aliphatic rings. The van der Waals surface area contributed by atoms with E-state index in [1.165, 1.54) is 35.7 Å². The summed E-state index contributed by atoms with van der Waals surface area (Å²) in [6.07, 6.45) is 0. The number of nitrogens with zero attached hydrogens (tertiary/aromatic N) is 1. The second-order valence-corrected chi connectivity index (χ2v) is 7.06. The third kappa shape index (κ3) is 3.53. The average Bonchev–Trinajstić information content (AvgIpc) is 2.54. The van der Waals surface area contributed by atoms with Crippen molar-refractivity contribution in [2.75, 3.05) is 11.4 Å². The molecular formula is C17H19NO4S. The van der Waals surface area contributed by atoms with Crippen molar-refractivity contribution in [3.05, 3.63) is 60.2 Å². The Balaban J connectivity index is 2.44. The summed E-state index contributed by atoms with van der Waals surface area (Å²) in [5, 5.41) is 0. The Morgan fingerprint density at radius 3 is 2.04 bits per heavy atom. The highest BCUT2D eigenvalue weighted by Crippen LogP contribution is 2.26. The van der Waals surface area contributed by atoms with Gasteiger partial charge in [0, 0.05) is 6.04 Å². The van der Waals surface area contributed by atoms with Crippen LogP contribution in [0.1, 0.15) is 24.2 Å². The largest absolute Gasteiger partial charge is 0.465 e. The molecule has 0 aliphatic carbocycles. The molecule has 5 nitrogen and oxygen atoms in total. The number of esters is 1. The molecule has 23 heavy (non-hydrogen) atoms. The highest BCUT2D eigenvalue weighted by Gasteiger charge is 2.27. The molecule has 122 valence electrons. The first-order valence-corrected chi connectivity index (χ1v) is 8.60. The zero-order chi connectivity index (χ0) is 17.0. The van der Waals surface area contributed by atoms with E-state index in [4.69, 9.17) is 0 Å². The molecule has 2 aromatic rings. The van der Waals surface area contributed by atoms with Crippen LogP contribution in [0.15, 0.2) is 59.5 Å². The van der Waals surface area contributed by atoms with Gasteiger partial charge in [0.2, 0.25) is 0 Å². The Hall–Kier alpha value is -2.34. The quantitative estimate of drug-likeness (QED) is 0.789. The van der Waals surface area contributed by atoms with E-state index in [9.17, 15) is 13.2 Å². The maximum atomic E-state index is 12.9.